The number of aromatic nitrogens is 2. The molecule has 0 spiro atoms. The standard InChI is InChI=1S/C19H19BrN2O3S/c1-4-14-16(12-5-7-13(20)8-6-12)17-18(26-14)21-10-22(19(17)24)9-15(23)25-11(2)3/h5-8,10-11H,4,9H2,1-3H3. The Morgan fingerprint density at radius 3 is 2.62 bits per heavy atom. The molecule has 0 saturated heterocycles. The van der Waals surface area contributed by atoms with E-state index in [2.05, 4.69) is 27.8 Å². The van der Waals surface area contributed by atoms with Crippen molar-refractivity contribution in [2.24, 2.45) is 0 Å². The van der Waals surface area contributed by atoms with E-state index in [0.29, 0.717) is 10.2 Å². The Balaban J connectivity index is 2.14. The van der Waals surface area contributed by atoms with Crippen LogP contribution in [0.5, 0.6) is 0 Å². The van der Waals surface area contributed by atoms with Gasteiger partial charge in [-0.1, -0.05) is 35.0 Å². The van der Waals surface area contributed by atoms with Gasteiger partial charge in [0.05, 0.1) is 17.8 Å². The number of hydrogen-bond donors (Lipinski definition) is 0. The summed E-state index contributed by atoms with van der Waals surface area (Å²) in [5.74, 6) is -0.445. The number of rotatable bonds is 5. The Morgan fingerprint density at radius 2 is 2.00 bits per heavy atom. The quantitative estimate of drug-likeness (QED) is 0.558. The number of hydrogen-bond acceptors (Lipinski definition) is 5. The molecular weight excluding hydrogens is 416 g/mol. The predicted molar refractivity (Wildman–Crippen MR) is 108 cm³/mol. The molecule has 0 aliphatic rings. The Labute approximate surface area is 163 Å². The third kappa shape index (κ3) is 3.73. The molecule has 0 aliphatic carbocycles. The number of nitrogens with zero attached hydrogens (tertiary/aromatic N) is 2. The van der Waals surface area contributed by atoms with E-state index < -0.39 is 5.97 Å². The lowest BCUT2D eigenvalue weighted by molar-refractivity contribution is -0.148. The van der Waals surface area contributed by atoms with Gasteiger partial charge in [-0.25, -0.2) is 4.98 Å². The maximum atomic E-state index is 13.1. The molecule has 5 nitrogen and oxygen atoms in total. The van der Waals surface area contributed by atoms with Gasteiger partial charge in [-0.3, -0.25) is 14.2 Å². The van der Waals surface area contributed by atoms with E-state index in [-0.39, 0.29) is 18.2 Å². The van der Waals surface area contributed by atoms with Crippen LogP contribution < -0.4 is 5.56 Å². The van der Waals surface area contributed by atoms with Crippen LogP contribution in [-0.2, 0) is 22.5 Å². The summed E-state index contributed by atoms with van der Waals surface area (Å²) in [6.07, 6.45) is 2.01. The van der Waals surface area contributed by atoms with Crippen molar-refractivity contribution in [3.63, 3.8) is 0 Å². The third-order valence-electron chi connectivity index (χ3n) is 3.87. The molecule has 136 valence electrons. The molecule has 0 bridgehead atoms. The number of carbonyl (C=O) groups is 1. The van der Waals surface area contributed by atoms with E-state index >= 15 is 0 Å². The van der Waals surface area contributed by atoms with Gasteiger partial charge < -0.3 is 4.74 Å². The average Bonchev–Trinajstić information content (AvgIpc) is 2.97. The van der Waals surface area contributed by atoms with Gasteiger partial charge in [0, 0.05) is 14.9 Å². The van der Waals surface area contributed by atoms with Gasteiger partial charge in [0.15, 0.2) is 0 Å². The maximum Gasteiger partial charge on any atom is 0.326 e. The van der Waals surface area contributed by atoms with E-state index in [1.807, 2.05) is 24.3 Å². The van der Waals surface area contributed by atoms with Crippen LogP contribution in [0.2, 0.25) is 0 Å². The smallest absolute Gasteiger partial charge is 0.326 e. The largest absolute Gasteiger partial charge is 0.462 e. The molecule has 0 unspecified atom stereocenters. The molecule has 0 saturated carbocycles. The highest BCUT2D eigenvalue weighted by molar-refractivity contribution is 9.10. The lowest BCUT2D eigenvalue weighted by Gasteiger charge is -2.09. The van der Waals surface area contributed by atoms with Gasteiger partial charge in [-0.2, -0.15) is 0 Å². The van der Waals surface area contributed by atoms with Crippen LogP contribution in [-0.4, -0.2) is 21.6 Å². The van der Waals surface area contributed by atoms with Crippen molar-refractivity contribution in [3.8, 4) is 11.1 Å². The van der Waals surface area contributed by atoms with Crippen LogP contribution in [0.4, 0.5) is 0 Å². The Kier molecular flexibility index (Phi) is 5.58. The molecule has 1 aromatic carbocycles. The number of halogens is 1. The zero-order valence-electron chi connectivity index (χ0n) is 14.8. The second-order valence-electron chi connectivity index (χ2n) is 6.16. The lowest BCUT2D eigenvalue weighted by atomic mass is 10.0. The molecule has 0 fully saturated rings. The summed E-state index contributed by atoms with van der Waals surface area (Å²) < 4.78 is 7.45. The van der Waals surface area contributed by atoms with Gasteiger partial charge >= 0.3 is 5.97 Å². The van der Waals surface area contributed by atoms with Crippen LogP contribution in [0.25, 0.3) is 21.3 Å². The zero-order valence-corrected chi connectivity index (χ0v) is 17.2. The molecule has 3 aromatic rings. The highest BCUT2D eigenvalue weighted by atomic mass is 79.9. The normalized spacial score (nSPS) is 11.3. The molecule has 3 rings (SSSR count). The van der Waals surface area contributed by atoms with Crippen molar-refractivity contribution in [2.45, 2.75) is 39.8 Å². The summed E-state index contributed by atoms with van der Waals surface area (Å²) in [7, 11) is 0. The minimum Gasteiger partial charge on any atom is -0.462 e. The third-order valence-corrected chi connectivity index (χ3v) is 5.64. The zero-order chi connectivity index (χ0) is 18.8. The first-order chi connectivity index (χ1) is 12.4. The van der Waals surface area contributed by atoms with Crippen LogP contribution in [0.3, 0.4) is 0 Å². The number of carbonyl (C=O) groups excluding carboxylic acids is 1. The van der Waals surface area contributed by atoms with Crippen LogP contribution >= 0.6 is 27.3 Å². The van der Waals surface area contributed by atoms with Gasteiger partial charge in [-0.15, -0.1) is 11.3 Å². The van der Waals surface area contributed by atoms with Gasteiger partial charge in [0.2, 0.25) is 0 Å². The van der Waals surface area contributed by atoms with Crippen LogP contribution in [0.1, 0.15) is 25.6 Å². The monoisotopic (exact) mass is 434 g/mol. The lowest BCUT2D eigenvalue weighted by Crippen LogP contribution is -2.26. The molecule has 2 heterocycles. The summed E-state index contributed by atoms with van der Waals surface area (Å²) in [4.78, 5) is 31.2. The van der Waals surface area contributed by atoms with Gasteiger partial charge in [0.25, 0.3) is 5.56 Å². The van der Waals surface area contributed by atoms with Crippen molar-refractivity contribution in [3.05, 3.63) is 50.3 Å². The average molecular weight is 435 g/mol. The van der Waals surface area contributed by atoms with E-state index in [9.17, 15) is 9.59 Å². The second-order valence-corrected chi connectivity index (χ2v) is 8.16. The molecule has 0 amide bonds. The minimum absolute atomic E-state index is 0.142. The SMILES string of the molecule is CCc1sc2ncn(CC(=O)OC(C)C)c(=O)c2c1-c1ccc(Br)cc1. The fraction of sp³-hybridized carbons (Fsp3) is 0.316. The summed E-state index contributed by atoms with van der Waals surface area (Å²) in [5.41, 5.74) is 1.66. The summed E-state index contributed by atoms with van der Waals surface area (Å²) in [6, 6.07) is 7.86. The number of benzene rings is 1. The van der Waals surface area contributed by atoms with Crippen molar-refractivity contribution >= 4 is 43.5 Å². The fourth-order valence-electron chi connectivity index (χ4n) is 2.80. The summed E-state index contributed by atoms with van der Waals surface area (Å²) >= 11 is 4.96. The highest BCUT2D eigenvalue weighted by Gasteiger charge is 2.19. The number of aryl methyl sites for hydroxylation is 1. The predicted octanol–water partition coefficient (Wildman–Crippen LogP) is 4.40. The van der Waals surface area contributed by atoms with Crippen molar-refractivity contribution in [1.82, 2.24) is 9.55 Å². The van der Waals surface area contributed by atoms with E-state index in [1.165, 1.54) is 22.2 Å². The fourth-order valence-corrected chi connectivity index (χ4v) is 4.15. The van der Waals surface area contributed by atoms with Crippen LogP contribution in [0, 0.1) is 0 Å². The Bertz CT molecular complexity index is 1010. The molecule has 0 radical (unpaired) electrons. The first kappa shape index (κ1) is 18.8. The molecule has 26 heavy (non-hydrogen) atoms. The number of esters is 1. The number of fused-ring (bicyclic) bond motifs is 1. The Morgan fingerprint density at radius 1 is 1.31 bits per heavy atom. The van der Waals surface area contributed by atoms with Gasteiger partial charge in [-0.05, 0) is 38.0 Å². The summed E-state index contributed by atoms with van der Waals surface area (Å²) in [5, 5.41) is 0.564. The maximum absolute atomic E-state index is 13.1. The minimum atomic E-state index is -0.445. The van der Waals surface area contributed by atoms with Crippen molar-refractivity contribution < 1.29 is 9.53 Å². The van der Waals surface area contributed by atoms with Crippen molar-refractivity contribution in [1.29, 1.82) is 0 Å². The first-order valence-corrected chi connectivity index (χ1v) is 9.97. The molecule has 7 heteroatoms. The molecular formula is C19H19BrN2O3S. The van der Waals surface area contributed by atoms with Crippen LogP contribution in [0.15, 0.2) is 39.9 Å². The molecule has 0 N–H and O–H groups in total. The topological polar surface area (TPSA) is 61.2 Å². The second kappa shape index (κ2) is 7.72. The van der Waals surface area contributed by atoms with Crippen molar-refractivity contribution in [2.75, 3.05) is 0 Å². The summed E-state index contributed by atoms with van der Waals surface area (Å²) in [6.45, 7) is 5.48. The van der Waals surface area contributed by atoms with E-state index in [1.54, 1.807) is 13.8 Å². The van der Waals surface area contributed by atoms with E-state index in [0.717, 1.165) is 26.9 Å². The van der Waals surface area contributed by atoms with Gasteiger partial charge in [0.1, 0.15) is 11.4 Å². The Hall–Kier alpha value is -1.99. The molecule has 0 atom stereocenters. The highest BCUT2D eigenvalue weighted by Crippen LogP contribution is 2.36. The number of thiophene rings is 1. The first-order valence-electron chi connectivity index (χ1n) is 8.37. The molecule has 2 aromatic heterocycles. The number of ether oxygens (including phenoxy) is 1. The van der Waals surface area contributed by atoms with E-state index in [4.69, 9.17) is 4.74 Å². The molecule has 0 aliphatic heterocycles.